The molecular weight excluding hydrogens is 298 g/mol. The van der Waals surface area contributed by atoms with Crippen LogP contribution in [0.3, 0.4) is 0 Å². The molecule has 2 N–H and O–H groups in total. The lowest BCUT2D eigenvalue weighted by atomic mass is 10.1. The molecule has 2 heterocycles. The van der Waals surface area contributed by atoms with Crippen LogP contribution in [-0.2, 0) is 0 Å². The van der Waals surface area contributed by atoms with Gasteiger partial charge in [-0.2, -0.15) is 0 Å². The van der Waals surface area contributed by atoms with Crippen molar-refractivity contribution < 1.29 is 24.8 Å². The van der Waals surface area contributed by atoms with E-state index in [1.807, 2.05) is 26.8 Å². The van der Waals surface area contributed by atoms with Crippen LogP contribution in [-0.4, -0.2) is 15.3 Å². The summed E-state index contributed by atoms with van der Waals surface area (Å²) in [6.07, 6.45) is 3.03. The van der Waals surface area contributed by atoms with Crippen LogP contribution in [0.5, 0.6) is 0 Å². The fraction of sp³-hybridized carbons (Fsp3) is 0.375. The number of nitrogens with zero attached hydrogens (tertiary/aromatic N) is 3. The first-order chi connectivity index (χ1) is 10.6. The number of aryl methyl sites for hydroxylation is 3. The molecule has 2 rings (SSSR count). The predicted molar refractivity (Wildman–Crippen MR) is 82.7 cm³/mol. The van der Waals surface area contributed by atoms with Gasteiger partial charge < -0.3 is 0 Å². The summed E-state index contributed by atoms with van der Waals surface area (Å²) in [5, 5.41) is 29.1. The van der Waals surface area contributed by atoms with E-state index in [0.29, 0.717) is 16.8 Å². The molecular formula is C16H23N3O4+2. The van der Waals surface area contributed by atoms with E-state index in [1.165, 1.54) is 6.20 Å². The number of nitro groups is 1. The van der Waals surface area contributed by atoms with Gasteiger partial charge in [0.05, 0.1) is 16.1 Å². The van der Waals surface area contributed by atoms with Crippen molar-refractivity contribution in [3.05, 3.63) is 62.2 Å². The lowest BCUT2D eigenvalue weighted by Gasteiger charge is -1.99. The molecule has 0 aromatic carbocycles. The Morgan fingerprint density at radius 2 is 1.43 bits per heavy atom. The third kappa shape index (κ3) is 4.15. The van der Waals surface area contributed by atoms with E-state index in [4.69, 9.17) is 0 Å². The third-order valence-electron chi connectivity index (χ3n) is 3.80. The molecule has 0 atom stereocenters. The monoisotopic (exact) mass is 321 g/mol. The molecule has 0 aliphatic rings. The van der Waals surface area contributed by atoms with Crippen molar-refractivity contribution in [1.29, 1.82) is 0 Å². The average molecular weight is 321 g/mol. The summed E-state index contributed by atoms with van der Waals surface area (Å²) >= 11 is 0. The molecule has 0 saturated carbocycles. The maximum absolute atomic E-state index is 10.6. The normalized spacial score (nSPS) is 10.0. The van der Waals surface area contributed by atoms with Crippen molar-refractivity contribution in [2.45, 2.75) is 41.5 Å². The van der Waals surface area contributed by atoms with Crippen LogP contribution in [0.2, 0.25) is 0 Å². The van der Waals surface area contributed by atoms with E-state index in [9.17, 15) is 20.5 Å². The molecule has 0 radical (unpaired) electrons. The summed E-state index contributed by atoms with van der Waals surface area (Å²) in [4.78, 5) is 10.2. The standard InChI is InChI=1S/C8H11N2O3.C8H12NO/c1-5-4-9(11)7(3)6(2)8(5)10(12)13;1-6-4-7(2)8(3)9(10)5-6/h4,11H,1-3H3;4-5,10H,1-3H3/q2*+1. The fourth-order valence-electron chi connectivity index (χ4n) is 2.21. The summed E-state index contributed by atoms with van der Waals surface area (Å²) in [6, 6.07) is 2.04. The Hall–Kier alpha value is -2.70. The van der Waals surface area contributed by atoms with Crippen molar-refractivity contribution in [3.8, 4) is 0 Å². The van der Waals surface area contributed by atoms with Crippen molar-refractivity contribution in [3.63, 3.8) is 0 Å². The Balaban J connectivity index is 0.000000238. The minimum atomic E-state index is -0.433. The first-order valence-corrected chi connectivity index (χ1v) is 7.11. The first-order valence-electron chi connectivity index (χ1n) is 7.11. The minimum absolute atomic E-state index is 0.0720. The van der Waals surface area contributed by atoms with Gasteiger partial charge in [-0.15, -0.1) is 0 Å². The number of pyridine rings is 2. The quantitative estimate of drug-likeness (QED) is 0.364. The van der Waals surface area contributed by atoms with Crippen LogP contribution in [0.4, 0.5) is 5.69 Å². The van der Waals surface area contributed by atoms with Crippen molar-refractivity contribution in [1.82, 2.24) is 0 Å². The van der Waals surface area contributed by atoms with Gasteiger partial charge in [0.2, 0.25) is 23.8 Å². The van der Waals surface area contributed by atoms with Crippen LogP contribution in [0.15, 0.2) is 18.5 Å². The highest BCUT2D eigenvalue weighted by Crippen LogP contribution is 2.22. The molecule has 0 aliphatic carbocycles. The highest BCUT2D eigenvalue weighted by atomic mass is 16.6. The number of hydrogen-bond donors (Lipinski definition) is 2. The maximum Gasteiger partial charge on any atom is 0.287 e. The number of rotatable bonds is 1. The summed E-state index contributed by atoms with van der Waals surface area (Å²) in [5.74, 6) is 0. The van der Waals surface area contributed by atoms with Gasteiger partial charge in [0.1, 0.15) is 0 Å². The molecule has 23 heavy (non-hydrogen) atoms. The van der Waals surface area contributed by atoms with E-state index in [0.717, 1.165) is 26.3 Å². The number of hydrogen-bond acceptors (Lipinski definition) is 4. The maximum atomic E-state index is 10.6. The first kappa shape index (κ1) is 18.3. The van der Waals surface area contributed by atoms with Gasteiger partial charge in [0, 0.05) is 34.4 Å². The van der Waals surface area contributed by atoms with Gasteiger partial charge in [-0.1, -0.05) is 0 Å². The second-order valence-corrected chi connectivity index (χ2v) is 5.60. The van der Waals surface area contributed by atoms with Gasteiger partial charge in [-0.05, 0) is 33.8 Å². The second-order valence-electron chi connectivity index (χ2n) is 5.60. The van der Waals surface area contributed by atoms with Gasteiger partial charge in [0.15, 0.2) is 0 Å². The summed E-state index contributed by atoms with van der Waals surface area (Å²) in [5.41, 5.74) is 4.59. The summed E-state index contributed by atoms with van der Waals surface area (Å²) < 4.78 is 2.06. The van der Waals surface area contributed by atoms with Crippen LogP contribution in [0.1, 0.15) is 33.6 Å². The molecule has 0 bridgehead atoms. The highest BCUT2D eigenvalue weighted by molar-refractivity contribution is 5.44. The Kier molecular flexibility index (Phi) is 5.62. The molecule has 0 amide bonds. The molecule has 7 nitrogen and oxygen atoms in total. The molecule has 0 saturated heterocycles. The lowest BCUT2D eigenvalue weighted by Crippen LogP contribution is -2.35. The topological polar surface area (TPSA) is 91.4 Å². The third-order valence-corrected chi connectivity index (χ3v) is 3.80. The van der Waals surface area contributed by atoms with Gasteiger partial charge in [-0.25, -0.2) is 0 Å². The molecule has 0 fully saturated rings. The smallest absolute Gasteiger partial charge is 0.285 e. The Bertz CT molecular complexity index is 734. The van der Waals surface area contributed by atoms with Crippen LogP contribution in [0, 0.1) is 51.7 Å². The average Bonchev–Trinajstić information content (AvgIpc) is 2.42. The number of aromatic nitrogens is 2. The van der Waals surface area contributed by atoms with Crippen molar-refractivity contribution >= 4 is 5.69 Å². The zero-order chi connectivity index (χ0) is 17.9. The van der Waals surface area contributed by atoms with Crippen molar-refractivity contribution in [2.75, 3.05) is 0 Å². The summed E-state index contributed by atoms with van der Waals surface area (Å²) in [7, 11) is 0. The molecule has 2 aromatic heterocycles. The Morgan fingerprint density at radius 3 is 1.91 bits per heavy atom. The van der Waals surface area contributed by atoms with E-state index >= 15 is 0 Å². The molecule has 0 aliphatic heterocycles. The van der Waals surface area contributed by atoms with E-state index in [2.05, 4.69) is 0 Å². The van der Waals surface area contributed by atoms with Crippen LogP contribution < -0.4 is 9.46 Å². The van der Waals surface area contributed by atoms with Gasteiger partial charge in [-0.3, -0.25) is 20.5 Å². The van der Waals surface area contributed by atoms with Crippen molar-refractivity contribution in [2.24, 2.45) is 0 Å². The molecule has 124 valence electrons. The Morgan fingerprint density at radius 1 is 0.913 bits per heavy atom. The molecule has 0 spiro atoms. The molecule has 2 aromatic rings. The lowest BCUT2D eigenvalue weighted by molar-refractivity contribution is -0.909. The van der Waals surface area contributed by atoms with Crippen LogP contribution in [0.25, 0.3) is 0 Å². The fourth-order valence-corrected chi connectivity index (χ4v) is 2.21. The van der Waals surface area contributed by atoms with E-state index < -0.39 is 4.92 Å². The second kappa shape index (κ2) is 7.04. The van der Waals surface area contributed by atoms with E-state index in [-0.39, 0.29) is 5.69 Å². The predicted octanol–water partition coefficient (Wildman–Crippen LogP) is 2.18. The summed E-state index contributed by atoms with van der Waals surface area (Å²) in [6.45, 7) is 10.7. The minimum Gasteiger partial charge on any atom is -0.285 e. The molecule has 0 unspecified atom stereocenters. The van der Waals surface area contributed by atoms with Crippen LogP contribution >= 0.6 is 0 Å². The van der Waals surface area contributed by atoms with E-state index in [1.54, 1.807) is 27.0 Å². The van der Waals surface area contributed by atoms with Gasteiger partial charge in [0.25, 0.3) is 5.69 Å². The SMILES string of the molecule is Cc1c[n+](O)c(C)c(C)c1[N+](=O)[O-].Cc1cc(C)c(C)[n+](O)c1. The zero-order valence-electron chi connectivity index (χ0n) is 14.3. The highest BCUT2D eigenvalue weighted by Gasteiger charge is 2.24. The van der Waals surface area contributed by atoms with Gasteiger partial charge >= 0.3 is 0 Å². The zero-order valence-corrected chi connectivity index (χ0v) is 14.3. The Labute approximate surface area is 135 Å². The largest absolute Gasteiger partial charge is 0.287 e. The molecule has 7 heteroatoms.